The molecule has 4 nitrogen and oxygen atoms in total. The number of rotatable bonds is 8. The number of amides is 1. The van der Waals surface area contributed by atoms with E-state index in [0.717, 1.165) is 17.8 Å². The Morgan fingerprint density at radius 2 is 1.79 bits per heavy atom. The molecule has 128 valence electrons. The summed E-state index contributed by atoms with van der Waals surface area (Å²) in [5.74, 6) is -0.0695. The van der Waals surface area contributed by atoms with E-state index < -0.39 is 0 Å². The minimum atomic E-state index is -0.0695. The molecule has 0 heterocycles. The molecule has 0 spiro atoms. The molecular formula is C20H26N2O2. The summed E-state index contributed by atoms with van der Waals surface area (Å²) in [4.78, 5) is 12.4. The summed E-state index contributed by atoms with van der Waals surface area (Å²) in [7, 11) is 0. The van der Waals surface area contributed by atoms with Gasteiger partial charge in [-0.3, -0.25) is 4.79 Å². The molecule has 0 unspecified atom stereocenters. The molecule has 0 radical (unpaired) electrons. The first-order valence-corrected chi connectivity index (χ1v) is 8.41. The summed E-state index contributed by atoms with van der Waals surface area (Å²) in [5, 5.41) is 6.34. The molecule has 0 aliphatic heterocycles. The third-order valence-electron chi connectivity index (χ3n) is 4.00. The second-order valence-electron chi connectivity index (χ2n) is 5.72. The Bertz CT molecular complexity index is 683. The van der Waals surface area contributed by atoms with E-state index in [1.807, 2.05) is 43.3 Å². The Labute approximate surface area is 144 Å². The van der Waals surface area contributed by atoms with E-state index in [9.17, 15) is 4.79 Å². The molecule has 0 aliphatic rings. The summed E-state index contributed by atoms with van der Waals surface area (Å²) < 4.78 is 5.28. The fourth-order valence-corrected chi connectivity index (χ4v) is 2.44. The first kappa shape index (κ1) is 18.0. The van der Waals surface area contributed by atoms with Crippen molar-refractivity contribution in [1.82, 2.24) is 5.32 Å². The van der Waals surface area contributed by atoms with Gasteiger partial charge in [0.25, 0.3) is 5.91 Å². The average molecular weight is 326 g/mol. The fourth-order valence-electron chi connectivity index (χ4n) is 2.44. The van der Waals surface area contributed by atoms with Crippen molar-refractivity contribution in [2.45, 2.75) is 27.2 Å². The van der Waals surface area contributed by atoms with Gasteiger partial charge in [-0.05, 0) is 56.5 Å². The van der Waals surface area contributed by atoms with Gasteiger partial charge in [0, 0.05) is 25.4 Å². The molecule has 2 aromatic rings. The monoisotopic (exact) mass is 326 g/mol. The molecule has 0 atom stereocenters. The zero-order chi connectivity index (χ0) is 17.4. The number of aryl methyl sites for hydroxylation is 1. The third-order valence-corrected chi connectivity index (χ3v) is 4.00. The van der Waals surface area contributed by atoms with Gasteiger partial charge < -0.3 is 15.4 Å². The van der Waals surface area contributed by atoms with Crippen LogP contribution < -0.4 is 10.6 Å². The summed E-state index contributed by atoms with van der Waals surface area (Å²) in [6.45, 7) is 8.10. The van der Waals surface area contributed by atoms with Gasteiger partial charge in [-0.1, -0.05) is 24.3 Å². The van der Waals surface area contributed by atoms with Gasteiger partial charge in [0.2, 0.25) is 0 Å². The van der Waals surface area contributed by atoms with E-state index in [1.165, 1.54) is 11.1 Å². The lowest BCUT2D eigenvalue weighted by Gasteiger charge is -2.15. The summed E-state index contributed by atoms with van der Waals surface area (Å²) in [6, 6.07) is 13.7. The molecular weight excluding hydrogens is 300 g/mol. The van der Waals surface area contributed by atoms with Crippen LogP contribution in [0.4, 0.5) is 11.4 Å². The number of benzene rings is 2. The van der Waals surface area contributed by atoms with Gasteiger partial charge in [0.05, 0.1) is 11.3 Å². The minimum Gasteiger partial charge on any atom is -0.382 e. The normalized spacial score (nSPS) is 10.5. The molecule has 24 heavy (non-hydrogen) atoms. The highest BCUT2D eigenvalue weighted by molar-refractivity contribution is 6.00. The number of hydrogen-bond donors (Lipinski definition) is 2. The number of carbonyl (C=O) groups is 1. The summed E-state index contributed by atoms with van der Waals surface area (Å²) >= 11 is 0. The number of nitrogens with one attached hydrogen (secondary N) is 2. The zero-order valence-electron chi connectivity index (χ0n) is 14.7. The molecule has 0 aromatic heterocycles. The third kappa shape index (κ3) is 4.83. The van der Waals surface area contributed by atoms with E-state index in [0.29, 0.717) is 25.3 Å². The SMILES string of the molecule is CCOCCCNC(=O)c1ccccc1Nc1cccc(C)c1C. The van der Waals surface area contributed by atoms with Crippen LogP contribution in [0.5, 0.6) is 0 Å². The first-order valence-electron chi connectivity index (χ1n) is 8.41. The quantitative estimate of drug-likeness (QED) is 0.715. The lowest BCUT2D eigenvalue weighted by Crippen LogP contribution is -2.26. The van der Waals surface area contributed by atoms with Crippen molar-refractivity contribution < 1.29 is 9.53 Å². The second kappa shape index (κ2) is 9.08. The minimum absolute atomic E-state index is 0.0695. The van der Waals surface area contributed by atoms with E-state index in [2.05, 4.69) is 30.5 Å². The lowest BCUT2D eigenvalue weighted by atomic mass is 10.1. The van der Waals surface area contributed by atoms with Crippen molar-refractivity contribution in [3.05, 3.63) is 59.2 Å². The summed E-state index contributed by atoms with van der Waals surface area (Å²) in [5.41, 5.74) is 4.89. The predicted octanol–water partition coefficient (Wildman–Crippen LogP) is 4.20. The number of ether oxygens (including phenoxy) is 1. The first-order chi connectivity index (χ1) is 11.6. The van der Waals surface area contributed by atoms with Crippen molar-refractivity contribution in [2.24, 2.45) is 0 Å². The lowest BCUT2D eigenvalue weighted by molar-refractivity contribution is 0.0945. The molecule has 1 amide bonds. The molecule has 0 saturated carbocycles. The highest BCUT2D eigenvalue weighted by atomic mass is 16.5. The van der Waals surface area contributed by atoms with E-state index in [1.54, 1.807) is 0 Å². The maximum absolute atomic E-state index is 12.4. The van der Waals surface area contributed by atoms with Crippen molar-refractivity contribution in [3.8, 4) is 0 Å². The van der Waals surface area contributed by atoms with Gasteiger partial charge in [-0.25, -0.2) is 0 Å². The van der Waals surface area contributed by atoms with Crippen LogP contribution in [-0.2, 0) is 4.74 Å². The standard InChI is InChI=1S/C20H26N2O2/c1-4-24-14-8-13-21-20(23)17-10-5-6-11-19(17)22-18-12-7-9-15(2)16(18)3/h5-7,9-12,22H,4,8,13-14H2,1-3H3,(H,21,23). The largest absolute Gasteiger partial charge is 0.382 e. The fraction of sp³-hybridized carbons (Fsp3) is 0.350. The molecule has 0 fully saturated rings. The Morgan fingerprint density at radius 3 is 2.58 bits per heavy atom. The van der Waals surface area contributed by atoms with Gasteiger partial charge in [0.1, 0.15) is 0 Å². The number of carbonyl (C=O) groups excluding carboxylic acids is 1. The van der Waals surface area contributed by atoms with Gasteiger partial charge >= 0.3 is 0 Å². The Kier molecular flexibility index (Phi) is 6.82. The molecule has 0 bridgehead atoms. The predicted molar refractivity (Wildman–Crippen MR) is 99.1 cm³/mol. The van der Waals surface area contributed by atoms with Crippen LogP contribution in [0.3, 0.4) is 0 Å². The number of hydrogen-bond acceptors (Lipinski definition) is 3. The van der Waals surface area contributed by atoms with Crippen LogP contribution in [0.25, 0.3) is 0 Å². The van der Waals surface area contributed by atoms with Crippen LogP contribution in [-0.4, -0.2) is 25.7 Å². The molecule has 0 aliphatic carbocycles. The van der Waals surface area contributed by atoms with Gasteiger partial charge in [-0.2, -0.15) is 0 Å². The van der Waals surface area contributed by atoms with Crippen LogP contribution in [0.15, 0.2) is 42.5 Å². The Hall–Kier alpha value is -2.33. The van der Waals surface area contributed by atoms with Crippen molar-refractivity contribution >= 4 is 17.3 Å². The average Bonchev–Trinajstić information content (AvgIpc) is 2.59. The van der Waals surface area contributed by atoms with Gasteiger partial charge in [-0.15, -0.1) is 0 Å². The zero-order valence-corrected chi connectivity index (χ0v) is 14.7. The topological polar surface area (TPSA) is 50.4 Å². The second-order valence-corrected chi connectivity index (χ2v) is 5.72. The van der Waals surface area contributed by atoms with Crippen LogP contribution in [0, 0.1) is 13.8 Å². The van der Waals surface area contributed by atoms with E-state index >= 15 is 0 Å². The number of anilines is 2. The maximum Gasteiger partial charge on any atom is 0.253 e. The highest BCUT2D eigenvalue weighted by Gasteiger charge is 2.11. The molecule has 0 saturated heterocycles. The maximum atomic E-state index is 12.4. The van der Waals surface area contributed by atoms with Crippen molar-refractivity contribution in [3.63, 3.8) is 0 Å². The summed E-state index contributed by atoms with van der Waals surface area (Å²) in [6.07, 6.45) is 0.812. The molecule has 4 heteroatoms. The van der Waals surface area contributed by atoms with Crippen molar-refractivity contribution in [1.29, 1.82) is 0 Å². The Morgan fingerprint density at radius 1 is 1.04 bits per heavy atom. The molecule has 2 aromatic carbocycles. The smallest absolute Gasteiger partial charge is 0.253 e. The van der Waals surface area contributed by atoms with Crippen LogP contribution in [0.1, 0.15) is 34.8 Å². The van der Waals surface area contributed by atoms with Crippen LogP contribution in [0.2, 0.25) is 0 Å². The highest BCUT2D eigenvalue weighted by Crippen LogP contribution is 2.25. The van der Waals surface area contributed by atoms with Crippen LogP contribution >= 0.6 is 0 Å². The molecule has 2 rings (SSSR count). The van der Waals surface area contributed by atoms with Gasteiger partial charge in [0.15, 0.2) is 0 Å². The van der Waals surface area contributed by atoms with E-state index in [4.69, 9.17) is 4.74 Å². The Balaban J connectivity index is 2.07. The van der Waals surface area contributed by atoms with Crippen molar-refractivity contribution in [2.75, 3.05) is 25.1 Å². The molecule has 2 N–H and O–H groups in total. The number of para-hydroxylation sites is 1. The van der Waals surface area contributed by atoms with E-state index in [-0.39, 0.29) is 5.91 Å².